The van der Waals surface area contributed by atoms with Crippen LogP contribution in [0.15, 0.2) is 52.4 Å². The maximum absolute atomic E-state index is 11.2. The van der Waals surface area contributed by atoms with Crippen molar-refractivity contribution in [3.05, 3.63) is 63.6 Å². The van der Waals surface area contributed by atoms with Gasteiger partial charge >= 0.3 is 0 Å². The molecular formula is C15H11BrN2OS. The number of thiophene rings is 1. The minimum absolute atomic E-state index is 0.627. The summed E-state index contributed by atoms with van der Waals surface area (Å²) in [5.41, 5.74) is 2.52. The Morgan fingerprint density at radius 1 is 1.30 bits per heavy atom. The topological polar surface area (TPSA) is 34.9 Å². The van der Waals surface area contributed by atoms with Gasteiger partial charge in [-0.3, -0.25) is 9.48 Å². The second kappa shape index (κ2) is 5.73. The van der Waals surface area contributed by atoms with Gasteiger partial charge < -0.3 is 0 Å². The molecule has 0 unspecified atom stereocenters. The summed E-state index contributed by atoms with van der Waals surface area (Å²) < 4.78 is 2.84. The molecule has 2 aromatic heterocycles. The molecule has 0 fully saturated rings. The van der Waals surface area contributed by atoms with E-state index in [9.17, 15) is 4.79 Å². The minimum Gasteiger partial charge on any atom is -0.298 e. The van der Waals surface area contributed by atoms with Gasteiger partial charge in [0, 0.05) is 10.7 Å². The molecule has 3 rings (SSSR count). The summed E-state index contributed by atoms with van der Waals surface area (Å²) >= 11 is 5.04. The molecule has 0 amide bonds. The predicted octanol–water partition coefficient (Wildman–Crippen LogP) is 4.23. The molecule has 0 aliphatic heterocycles. The standard InChI is InChI=1S/C15H11BrN2OS/c16-13-4-1-3-11(7-13)8-18-9-12(10-19)15(17-18)14-5-2-6-20-14/h1-7,9-10H,8H2. The normalized spacial score (nSPS) is 10.7. The molecule has 0 bridgehead atoms. The summed E-state index contributed by atoms with van der Waals surface area (Å²) in [6.45, 7) is 0.644. The molecule has 0 saturated carbocycles. The molecule has 3 aromatic rings. The van der Waals surface area contributed by atoms with Gasteiger partial charge in [0.15, 0.2) is 6.29 Å². The zero-order valence-electron chi connectivity index (χ0n) is 10.5. The molecule has 1 aromatic carbocycles. The van der Waals surface area contributed by atoms with Gasteiger partial charge in [-0.05, 0) is 29.1 Å². The Kier molecular flexibility index (Phi) is 3.80. The number of carbonyl (C=O) groups is 1. The number of hydrogen-bond donors (Lipinski definition) is 0. The number of nitrogens with zero attached hydrogens (tertiary/aromatic N) is 2. The Morgan fingerprint density at radius 3 is 2.90 bits per heavy atom. The van der Waals surface area contributed by atoms with E-state index in [1.807, 2.05) is 41.8 Å². The first-order valence-corrected chi connectivity index (χ1v) is 7.74. The fourth-order valence-electron chi connectivity index (χ4n) is 2.03. The van der Waals surface area contributed by atoms with Crippen LogP contribution < -0.4 is 0 Å². The molecule has 0 spiro atoms. The Hall–Kier alpha value is -1.72. The highest BCUT2D eigenvalue weighted by atomic mass is 79.9. The van der Waals surface area contributed by atoms with Crippen molar-refractivity contribution in [2.75, 3.05) is 0 Å². The second-order valence-corrected chi connectivity index (χ2v) is 6.22. The maximum Gasteiger partial charge on any atom is 0.153 e. The summed E-state index contributed by atoms with van der Waals surface area (Å²) in [5, 5.41) is 6.51. The zero-order valence-corrected chi connectivity index (χ0v) is 12.9. The van der Waals surface area contributed by atoms with Gasteiger partial charge in [-0.15, -0.1) is 11.3 Å². The molecule has 20 heavy (non-hydrogen) atoms. The average molecular weight is 347 g/mol. The molecule has 0 radical (unpaired) electrons. The van der Waals surface area contributed by atoms with E-state index >= 15 is 0 Å². The Bertz CT molecular complexity index is 734. The number of carbonyl (C=O) groups excluding carboxylic acids is 1. The third kappa shape index (κ3) is 2.73. The molecule has 5 heteroatoms. The van der Waals surface area contributed by atoms with Crippen LogP contribution in [0.2, 0.25) is 0 Å². The zero-order chi connectivity index (χ0) is 13.9. The van der Waals surface area contributed by atoms with Gasteiger partial charge in [0.05, 0.1) is 17.0 Å². The van der Waals surface area contributed by atoms with Crippen LogP contribution in [0.1, 0.15) is 15.9 Å². The first kappa shape index (κ1) is 13.3. The van der Waals surface area contributed by atoms with E-state index in [1.54, 1.807) is 22.2 Å². The monoisotopic (exact) mass is 346 g/mol. The molecule has 2 heterocycles. The first-order valence-electron chi connectivity index (χ1n) is 6.07. The SMILES string of the molecule is O=Cc1cn(Cc2cccc(Br)c2)nc1-c1cccs1. The van der Waals surface area contributed by atoms with Crippen molar-refractivity contribution in [3.63, 3.8) is 0 Å². The molecule has 100 valence electrons. The van der Waals surface area contributed by atoms with E-state index in [2.05, 4.69) is 21.0 Å². The van der Waals surface area contributed by atoms with Crippen LogP contribution in [-0.4, -0.2) is 16.1 Å². The Labute approximate surface area is 129 Å². The van der Waals surface area contributed by atoms with E-state index in [0.717, 1.165) is 26.9 Å². The largest absolute Gasteiger partial charge is 0.298 e. The van der Waals surface area contributed by atoms with Crippen LogP contribution in [0.5, 0.6) is 0 Å². The van der Waals surface area contributed by atoms with Crippen molar-refractivity contribution in [1.82, 2.24) is 9.78 Å². The molecule has 0 saturated heterocycles. The Balaban J connectivity index is 1.93. The van der Waals surface area contributed by atoms with E-state index in [0.29, 0.717) is 12.1 Å². The highest BCUT2D eigenvalue weighted by molar-refractivity contribution is 9.10. The summed E-state index contributed by atoms with van der Waals surface area (Å²) in [4.78, 5) is 12.2. The lowest BCUT2D eigenvalue weighted by Crippen LogP contribution is -2.00. The number of halogens is 1. The fourth-order valence-corrected chi connectivity index (χ4v) is 3.21. The van der Waals surface area contributed by atoms with Gasteiger partial charge in [0.2, 0.25) is 0 Å². The van der Waals surface area contributed by atoms with E-state index in [-0.39, 0.29) is 0 Å². The van der Waals surface area contributed by atoms with E-state index in [4.69, 9.17) is 0 Å². The summed E-state index contributed by atoms with van der Waals surface area (Å²) in [7, 11) is 0. The smallest absolute Gasteiger partial charge is 0.153 e. The van der Waals surface area contributed by atoms with Gasteiger partial charge in [0.1, 0.15) is 5.69 Å². The van der Waals surface area contributed by atoms with Gasteiger partial charge in [-0.25, -0.2) is 0 Å². The van der Waals surface area contributed by atoms with Gasteiger partial charge in [-0.2, -0.15) is 5.10 Å². The maximum atomic E-state index is 11.2. The van der Waals surface area contributed by atoms with Crippen LogP contribution in [0.4, 0.5) is 0 Å². The van der Waals surface area contributed by atoms with Crippen molar-refractivity contribution < 1.29 is 4.79 Å². The van der Waals surface area contributed by atoms with Crippen molar-refractivity contribution in [1.29, 1.82) is 0 Å². The second-order valence-electron chi connectivity index (χ2n) is 4.36. The highest BCUT2D eigenvalue weighted by Crippen LogP contribution is 2.26. The van der Waals surface area contributed by atoms with Crippen LogP contribution in [-0.2, 0) is 6.54 Å². The van der Waals surface area contributed by atoms with Crippen LogP contribution in [0.25, 0.3) is 10.6 Å². The molecular weight excluding hydrogens is 336 g/mol. The lowest BCUT2D eigenvalue weighted by Gasteiger charge is -2.02. The number of aldehydes is 1. The van der Waals surface area contributed by atoms with Crippen molar-refractivity contribution in [2.45, 2.75) is 6.54 Å². The van der Waals surface area contributed by atoms with Crippen LogP contribution in [0.3, 0.4) is 0 Å². The molecule has 0 aliphatic rings. The summed E-state index contributed by atoms with van der Waals surface area (Å²) in [6, 6.07) is 12.0. The average Bonchev–Trinajstić information content (AvgIpc) is 3.06. The summed E-state index contributed by atoms with van der Waals surface area (Å²) in [6.07, 6.45) is 2.66. The van der Waals surface area contributed by atoms with E-state index in [1.165, 1.54) is 0 Å². The molecule has 0 aliphatic carbocycles. The number of hydrogen-bond acceptors (Lipinski definition) is 3. The molecule has 3 nitrogen and oxygen atoms in total. The minimum atomic E-state index is 0.627. The number of rotatable bonds is 4. The van der Waals surface area contributed by atoms with Crippen LogP contribution >= 0.6 is 27.3 Å². The number of aromatic nitrogens is 2. The third-order valence-electron chi connectivity index (χ3n) is 2.91. The van der Waals surface area contributed by atoms with Crippen molar-refractivity contribution >= 4 is 33.6 Å². The molecule has 0 N–H and O–H groups in total. The Morgan fingerprint density at radius 2 is 2.20 bits per heavy atom. The highest BCUT2D eigenvalue weighted by Gasteiger charge is 2.11. The predicted molar refractivity (Wildman–Crippen MR) is 84.2 cm³/mol. The lowest BCUT2D eigenvalue weighted by molar-refractivity contribution is 0.112. The van der Waals surface area contributed by atoms with Crippen LogP contribution in [0, 0.1) is 0 Å². The van der Waals surface area contributed by atoms with Crippen molar-refractivity contribution in [2.24, 2.45) is 0 Å². The fraction of sp³-hybridized carbons (Fsp3) is 0.0667. The van der Waals surface area contributed by atoms with Gasteiger partial charge in [0.25, 0.3) is 0 Å². The lowest BCUT2D eigenvalue weighted by atomic mass is 10.2. The van der Waals surface area contributed by atoms with E-state index < -0.39 is 0 Å². The summed E-state index contributed by atoms with van der Waals surface area (Å²) in [5.74, 6) is 0. The third-order valence-corrected chi connectivity index (χ3v) is 4.27. The quantitative estimate of drug-likeness (QED) is 0.662. The van der Waals surface area contributed by atoms with Crippen molar-refractivity contribution in [3.8, 4) is 10.6 Å². The first-order chi connectivity index (χ1) is 9.76. The van der Waals surface area contributed by atoms with Gasteiger partial charge in [-0.1, -0.05) is 34.1 Å². The number of benzene rings is 1. The molecule has 0 atom stereocenters.